The molecule has 2 rings (SSSR count). The van der Waals surface area contributed by atoms with E-state index in [-0.39, 0.29) is 0 Å². The molecule has 0 atom stereocenters. The van der Waals surface area contributed by atoms with Crippen molar-refractivity contribution in [3.63, 3.8) is 0 Å². The van der Waals surface area contributed by atoms with Gasteiger partial charge >= 0.3 is 0 Å². The first-order valence-corrected chi connectivity index (χ1v) is 6.00. The van der Waals surface area contributed by atoms with Crippen molar-refractivity contribution in [2.45, 2.75) is 6.92 Å². The molecule has 1 nitrogen and oxygen atoms in total. The lowest BCUT2D eigenvalue weighted by atomic mass is 10.0. The van der Waals surface area contributed by atoms with Crippen molar-refractivity contribution in [1.82, 2.24) is 0 Å². The zero-order chi connectivity index (χ0) is 13.8. The minimum Gasteiger partial charge on any atom is -0.493 e. The standard InChI is InChI=1S/C16H14F2O/c1-3-11-9-12(5-8-16(11)19-4-2)14-7-6-13(17)10-15(14)18/h3,5-10H,1,4H2,2H3. The van der Waals surface area contributed by atoms with E-state index < -0.39 is 11.6 Å². The fourth-order valence-corrected chi connectivity index (χ4v) is 1.89. The van der Waals surface area contributed by atoms with E-state index in [2.05, 4.69) is 6.58 Å². The van der Waals surface area contributed by atoms with E-state index in [4.69, 9.17) is 4.74 Å². The van der Waals surface area contributed by atoms with Gasteiger partial charge in [-0.15, -0.1) is 0 Å². The first kappa shape index (κ1) is 13.3. The summed E-state index contributed by atoms with van der Waals surface area (Å²) in [5.41, 5.74) is 1.80. The van der Waals surface area contributed by atoms with Gasteiger partial charge in [-0.1, -0.05) is 18.7 Å². The maximum atomic E-state index is 13.7. The first-order chi connectivity index (χ1) is 9.15. The molecule has 2 aromatic carbocycles. The van der Waals surface area contributed by atoms with E-state index in [1.54, 1.807) is 24.3 Å². The van der Waals surface area contributed by atoms with E-state index in [0.29, 0.717) is 23.5 Å². The maximum Gasteiger partial charge on any atom is 0.133 e. The second-order valence-electron chi connectivity index (χ2n) is 4.01. The van der Waals surface area contributed by atoms with Crippen LogP contribution in [0.1, 0.15) is 12.5 Å². The van der Waals surface area contributed by atoms with Gasteiger partial charge in [0, 0.05) is 17.2 Å². The molecule has 0 aliphatic carbocycles. The average molecular weight is 260 g/mol. The van der Waals surface area contributed by atoms with E-state index in [1.807, 2.05) is 6.92 Å². The number of halogens is 2. The van der Waals surface area contributed by atoms with Crippen LogP contribution in [0.3, 0.4) is 0 Å². The highest BCUT2D eigenvalue weighted by molar-refractivity contribution is 5.70. The molecule has 19 heavy (non-hydrogen) atoms. The second kappa shape index (κ2) is 5.65. The van der Waals surface area contributed by atoms with Gasteiger partial charge in [-0.3, -0.25) is 0 Å². The second-order valence-corrected chi connectivity index (χ2v) is 4.01. The predicted molar refractivity (Wildman–Crippen MR) is 73.1 cm³/mol. The Morgan fingerprint density at radius 2 is 1.95 bits per heavy atom. The van der Waals surface area contributed by atoms with Crippen LogP contribution in [0.2, 0.25) is 0 Å². The Labute approximate surface area is 111 Å². The molecular weight excluding hydrogens is 246 g/mol. The zero-order valence-electron chi connectivity index (χ0n) is 10.6. The van der Waals surface area contributed by atoms with Crippen LogP contribution in [-0.2, 0) is 0 Å². The van der Waals surface area contributed by atoms with Crippen molar-refractivity contribution in [3.05, 3.63) is 60.2 Å². The van der Waals surface area contributed by atoms with Crippen LogP contribution in [0.15, 0.2) is 43.0 Å². The topological polar surface area (TPSA) is 9.23 Å². The molecule has 0 aliphatic rings. The first-order valence-electron chi connectivity index (χ1n) is 6.00. The van der Waals surface area contributed by atoms with E-state index in [1.165, 1.54) is 12.1 Å². The molecule has 0 saturated heterocycles. The number of hydrogen-bond acceptors (Lipinski definition) is 1. The Kier molecular flexibility index (Phi) is 3.95. The summed E-state index contributed by atoms with van der Waals surface area (Å²) in [6.45, 7) is 6.15. The highest BCUT2D eigenvalue weighted by Crippen LogP contribution is 2.29. The fourth-order valence-electron chi connectivity index (χ4n) is 1.89. The van der Waals surface area contributed by atoms with Gasteiger partial charge in [-0.25, -0.2) is 8.78 Å². The summed E-state index contributed by atoms with van der Waals surface area (Å²) < 4.78 is 32.1. The minimum atomic E-state index is -0.587. The number of benzene rings is 2. The Balaban J connectivity index is 2.48. The lowest BCUT2D eigenvalue weighted by molar-refractivity contribution is 0.339. The van der Waals surface area contributed by atoms with Crippen LogP contribution >= 0.6 is 0 Å². The molecule has 0 saturated carbocycles. The van der Waals surface area contributed by atoms with Crippen molar-refractivity contribution in [2.24, 2.45) is 0 Å². The molecule has 2 aromatic rings. The van der Waals surface area contributed by atoms with Crippen molar-refractivity contribution in [2.75, 3.05) is 6.61 Å². The molecule has 0 aliphatic heterocycles. The summed E-state index contributed by atoms with van der Waals surface area (Å²) in [5.74, 6) is -0.473. The van der Waals surface area contributed by atoms with Gasteiger partial charge < -0.3 is 4.74 Å². The number of ether oxygens (including phenoxy) is 1. The molecule has 0 fully saturated rings. The maximum absolute atomic E-state index is 13.7. The predicted octanol–water partition coefficient (Wildman–Crippen LogP) is 4.67. The summed E-state index contributed by atoms with van der Waals surface area (Å²) in [6, 6.07) is 8.82. The normalized spacial score (nSPS) is 10.3. The number of rotatable bonds is 4. The van der Waals surface area contributed by atoms with Gasteiger partial charge in [0.2, 0.25) is 0 Å². The largest absolute Gasteiger partial charge is 0.493 e. The van der Waals surface area contributed by atoms with Crippen LogP contribution in [0, 0.1) is 11.6 Å². The monoisotopic (exact) mass is 260 g/mol. The molecule has 0 spiro atoms. The van der Waals surface area contributed by atoms with Crippen LogP contribution in [-0.4, -0.2) is 6.61 Å². The van der Waals surface area contributed by atoms with Crippen LogP contribution in [0.25, 0.3) is 17.2 Å². The molecular formula is C16H14F2O. The van der Waals surface area contributed by atoms with Crippen molar-refractivity contribution < 1.29 is 13.5 Å². The molecule has 0 heterocycles. The van der Waals surface area contributed by atoms with Crippen LogP contribution in [0.5, 0.6) is 5.75 Å². The molecule has 98 valence electrons. The summed E-state index contributed by atoms with van der Waals surface area (Å²) in [5, 5.41) is 0. The van der Waals surface area contributed by atoms with Gasteiger partial charge in [0.15, 0.2) is 0 Å². The lowest BCUT2D eigenvalue weighted by Crippen LogP contribution is -1.94. The molecule has 0 amide bonds. The molecule has 0 N–H and O–H groups in total. The van der Waals surface area contributed by atoms with Crippen molar-refractivity contribution in [3.8, 4) is 16.9 Å². The average Bonchev–Trinajstić information content (AvgIpc) is 2.40. The third-order valence-electron chi connectivity index (χ3n) is 2.77. The lowest BCUT2D eigenvalue weighted by Gasteiger charge is -2.10. The van der Waals surface area contributed by atoms with Gasteiger partial charge in [-0.05, 0) is 36.8 Å². The number of hydrogen-bond donors (Lipinski definition) is 0. The molecule has 0 bridgehead atoms. The minimum absolute atomic E-state index is 0.354. The van der Waals surface area contributed by atoms with Crippen LogP contribution in [0.4, 0.5) is 8.78 Å². The van der Waals surface area contributed by atoms with Gasteiger partial charge in [0.05, 0.1) is 6.61 Å². The Morgan fingerprint density at radius 1 is 1.16 bits per heavy atom. The molecule has 0 unspecified atom stereocenters. The quantitative estimate of drug-likeness (QED) is 0.776. The highest BCUT2D eigenvalue weighted by Gasteiger charge is 2.09. The summed E-state index contributed by atoms with van der Waals surface area (Å²) in [6.07, 6.45) is 1.65. The third-order valence-corrected chi connectivity index (χ3v) is 2.77. The van der Waals surface area contributed by atoms with Gasteiger partial charge in [0.25, 0.3) is 0 Å². The fraction of sp³-hybridized carbons (Fsp3) is 0.125. The zero-order valence-corrected chi connectivity index (χ0v) is 10.6. The highest BCUT2D eigenvalue weighted by atomic mass is 19.1. The van der Waals surface area contributed by atoms with Gasteiger partial charge in [-0.2, -0.15) is 0 Å². The van der Waals surface area contributed by atoms with Crippen molar-refractivity contribution in [1.29, 1.82) is 0 Å². The molecule has 3 heteroatoms. The molecule has 0 aromatic heterocycles. The summed E-state index contributed by atoms with van der Waals surface area (Å²) in [4.78, 5) is 0. The van der Waals surface area contributed by atoms with E-state index >= 15 is 0 Å². The molecule has 0 radical (unpaired) electrons. The van der Waals surface area contributed by atoms with Crippen LogP contribution < -0.4 is 4.74 Å². The Hall–Kier alpha value is -2.16. The third kappa shape index (κ3) is 2.81. The van der Waals surface area contributed by atoms with Gasteiger partial charge in [0.1, 0.15) is 17.4 Å². The van der Waals surface area contributed by atoms with E-state index in [9.17, 15) is 8.78 Å². The Bertz CT molecular complexity index is 606. The SMILES string of the molecule is C=Cc1cc(-c2ccc(F)cc2F)ccc1OCC. The smallest absolute Gasteiger partial charge is 0.133 e. The Morgan fingerprint density at radius 3 is 2.58 bits per heavy atom. The van der Waals surface area contributed by atoms with E-state index in [0.717, 1.165) is 11.6 Å². The summed E-state index contributed by atoms with van der Waals surface area (Å²) >= 11 is 0. The van der Waals surface area contributed by atoms with Crippen molar-refractivity contribution >= 4 is 6.08 Å². The summed E-state index contributed by atoms with van der Waals surface area (Å²) in [7, 11) is 0.